The van der Waals surface area contributed by atoms with Gasteiger partial charge in [-0.05, 0) is 49.7 Å². The van der Waals surface area contributed by atoms with Gasteiger partial charge in [0.05, 0.1) is 12.2 Å². The SMILES string of the molecule is CCOC(=O)c1c(C)n(Cc2ccccc2)c2ccc(OCC(=O)c3ccc(Br)cc3)cc12. The second-order valence-corrected chi connectivity index (χ2v) is 8.57. The average Bonchev–Trinajstić information content (AvgIpc) is 3.09. The van der Waals surface area contributed by atoms with E-state index in [1.165, 1.54) is 0 Å². The van der Waals surface area contributed by atoms with Crippen molar-refractivity contribution in [2.75, 3.05) is 13.2 Å². The van der Waals surface area contributed by atoms with E-state index in [2.05, 4.69) is 32.6 Å². The van der Waals surface area contributed by atoms with Crippen LogP contribution in [0.1, 0.15) is 38.9 Å². The van der Waals surface area contributed by atoms with Gasteiger partial charge in [0, 0.05) is 33.2 Å². The number of esters is 1. The van der Waals surface area contributed by atoms with Crippen molar-refractivity contribution in [3.05, 3.63) is 99.7 Å². The van der Waals surface area contributed by atoms with Crippen LogP contribution in [-0.4, -0.2) is 29.5 Å². The Kier molecular flexibility index (Phi) is 6.94. The normalized spacial score (nSPS) is 10.9. The summed E-state index contributed by atoms with van der Waals surface area (Å²) in [4.78, 5) is 25.3. The molecule has 0 saturated carbocycles. The maximum atomic E-state index is 12.8. The van der Waals surface area contributed by atoms with Crippen LogP contribution in [0.15, 0.2) is 77.3 Å². The van der Waals surface area contributed by atoms with Crippen LogP contribution < -0.4 is 4.74 Å². The number of carbonyl (C=O) groups is 2. The molecule has 4 rings (SSSR count). The van der Waals surface area contributed by atoms with Gasteiger partial charge in [-0.25, -0.2) is 4.79 Å². The summed E-state index contributed by atoms with van der Waals surface area (Å²) < 4.78 is 14.1. The van der Waals surface area contributed by atoms with E-state index in [0.717, 1.165) is 26.6 Å². The van der Waals surface area contributed by atoms with Crippen molar-refractivity contribution in [1.29, 1.82) is 0 Å². The Morgan fingerprint density at radius 3 is 2.39 bits per heavy atom. The number of fused-ring (bicyclic) bond motifs is 1. The van der Waals surface area contributed by atoms with Gasteiger partial charge in [0.25, 0.3) is 0 Å². The molecule has 0 unspecified atom stereocenters. The summed E-state index contributed by atoms with van der Waals surface area (Å²) in [6.07, 6.45) is 0. The van der Waals surface area contributed by atoms with Crippen LogP contribution in [-0.2, 0) is 11.3 Å². The zero-order valence-corrected chi connectivity index (χ0v) is 20.1. The van der Waals surface area contributed by atoms with E-state index in [9.17, 15) is 9.59 Å². The molecule has 33 heavy (non-hydrogen) atoms. The Labute approximate surface area is 201 Å². The molecule has 0 amide bonds. The Morgan fingerprint density at radius 1 is 0.970 bits per heavy atom. The summed E-state index contributed by atoms with van der Waals surface area (Å²) in [5, 5.41) is 0.746. The number of aromatic nitrogens is 1. The molecular weight excluding hydrogens is 482 g/mol. The second kappa shape index (κ2) is 10.0. The van der Waals surface area contributed by atoms with Gasteiger partial charge in [-0.2, -0.15) is 0 Å². The lowest BCUT2D eigenvalue weighted by molar-refractivity contribution is 0.0527. The van der Waals surface area contributed by atoms with Crippen LogP contribution in [0, 0.1) is 6.92 Å². The predicted octanol–water partition coefficient (Wildman–Crippen LogP) is 6.20. The van der Waals surface area contributed by atoms with Gasteiger partial charge in [0.15, 0.2) is 12.4 Å². The number of hydrogen-bond acceptors (Lipinski definition) is 4. The highest BCUT2D eigenvalue weighted by Gasteiger charge is 2.22. The highest BCUT2D eigenvalue weighted by atomic mass is 79.9. The van der Waals surface area contributed by atoms with E-state index in [-0.39, 0.29) is 18.4 Å². The Hall–Kier alpha value is -3.38. The van der Waals surface area contributed by atoms with Gasteiger partial charge in [-0.1, -0.05) is 58.4 Å². The first kappa shape index (κ1) is 22.8. The van der Waals surface area contributed by atoms with Crippen molar-refractivity contribution in [2.24, 2.45) is 0 Å². The smallest absolute Gasteiger partial charge is 0.340 e. The molecule has 5 nitrogen and oxygen atoms in total. The minimum absolute atomic E-state index is 0.0917. The molecule has 0 bridgehead atoms. The molecule has 0 aliphatic rings. The fraction of sp³-hybridized carbons (Fsp3) is 0.185. The van der Waals surface area contributed by atoms with Crippen molar-refractivity contribution in [1.82, 2.24) is 4.57 Å². The molecule has 0 aliphatic carbocycles. The number of rotatable bonds is 8. The number of ether oxygens (including phenoxy) is 2. The van der Waals surface area contributed by atoms with Gasteiger partial charge in [0.2, 0.25) is 0 Å². The number of nitrogens with zero attached hydrogens (tertiary/aromatic N) is 1. The number of hydrogen-bond donors (Lipinski definition) is 0. The van der Waals surface area contributed by atoms with Crippen molar-refractivity contribution >= 4 is 38.6 Å². The van der Waals surface area contributed by atoms with Crippen molar-refractivity contribution < 1.29 is 19.1 Å². The first-order valence-corrected chi connectivity index (χ1v) is 11.5. The third-order valence-electron chi connectivity index (χ3n) is 5.49. The van der Waals surface area contributed by atoms with E-state index >= 15 is 0 Å². The summed E-state index contributed by atoms with van der Waals surface area (Å²) in [6, 6.07) is 22.8. The van der Waals surface area contributed by atoms with Crippen molar-refractivity contribution in [2.45, 2.75) is 20.4 Å². The lowest BCUT2D eigenvalue weighted by Gasteiger charge is -2.09. The van der Waals surface area contributed by atoms with E-state index in [1.54, 1.807) is 19.1 Å². The molecule has 0 saturated heterocycles. The molecule has 0 atom stereocenters. The molecular formula is C27H24BrNO4. The van der Waals surface area contributed by atoms with Crippen molar-refractivity contribution in [3.8, 4) is 5.75 Å². The van der Waals surface area contributed by atoms with Crippen LogP contribution in [0.25, 0.3) is 10.9 Å². The molecule has 0 spiro atoms. The summed E-state index contributed by atoms with van der Waals surface area (Å²) in [6.45, 7) is 4.55. The zero-order valence-electron chi connectivity index (χ0n) is 18.5. The third kappa shape index (κ3) is 5.01. The Morgan fingerprint density at radius 2 is 1.70 bits per heavy atom. The molecule has 0 N–H and O–H groups in total. The van der Waals surface area contributed by atoms with E-state index < -0.39 is 0 Å². The number of halogens is 1. The molecule has 4 aromatic rings. The number of ketones is 1. The third-order valence-corrected chi connectivity index (χ3v) is 6.02. The quantitative estimate of drug-likeness (QED) is 0.211. The fourth-order valence-corrected chi connectivity index (χ4v) is 4.11. The highest BCUT2D eigenvalue weighted by molar-refractivity contribution is 9.10. The van der Waals surface area contributed by atoms with Crippen LogP contribution in [0.2, 0.25) is 0 Å². The van der Waals surface area contributed by atoms with Gasteiger partial charge in [-0.15, -0.1) is 0 Å². The molecule has 1 aromatic heterocycles. The first-order valence-electron chi connectivity index (χ1n) is 10.7. The topological polar surface area (TPSA) is 57.5 Å². The summed E-state index contributed by atoms with van der Waals surface area (Å²) in [7, 11) is 0. The molecule has 0 radical (unpaired) electrons. The van der Waals surface area contributed by atoms with E-state index in [1.807, 2.05) is 55.5 Å². The molecule has 6 heteroatoms. The Bertz CT molecular complexity index is 1290. The average molecular weight is 506 g/mol. The lowest BCUT2D eigenvalue weighted by atomic mass is 10.1. The highest BCUT2D eigenvalue weighted by Crippen LogP contribution is 2.31. The summed E-state index contributed by atoms with van der Waals surface area (Å²) >= 11 is 3.37. The maximum Gasteiger partial charge on any atom is 0.340 e. The molecule has 0 fully saturated rings. The van der Waals surface area contributed by atoms with Gasteiger partial charge < -0.3 is 14.0 Å². The number of benzene rings is 3. The largest absolute Gasteiger partial charge is 0.485 e. The number of carbonyl (C=O) groups excluding carboxylic acids is 2. The van der Waals surface area contributed by atoms with Crippen LogP contribution in [0.4, 0.5) is 0 Å². The van der Waals surface area contributed by atoms with E-state index in [0.29, 0.717) is 30.0 Å². The predicted molar refractivity (Wildman–Crippen MR) is 132 cm³/mol. The molecule has 1 heterocycles. The molecule has 0 aliphatic heterocycles. The Balaban J connectivity index is 1.66. The second-order valence-electron chi connectivity index (χ2n) is 7.65. The van der Waals surface area contributed by atoms with Crippen molar-refractivity contribution in [3.63, 3.8) is 0 Å². The molecule has 3 aromatic carbocycles. The maximum absolute atomic E-state index is 12.8. The first-order chi connectivity index (χ1) is 16.0. The van der Waals surface area contributed by atoms with Gasteiger partial charge in [0.1, 0.15) is 5.75 Å². The fourth-order valence-electron chi connectivity index (χ4n) is 3.85. The van der Waals surface area contributed by atoms with Gasteiger partial charge >= 0.3 is 5.97 Å². The number of Topliss-reactive ketones (excluding diaryl/α,β-unsaturated/α-hetero) is 1. The molecule has 168 valence electrons. The van der Waals surface area contributed by atoms with Crippen LogP contribution in [0.5, 0.6) is 5.75 Å². The minimum Gasteiger partial charge on any atom is -0.485 e. The summed E-state index contributed by atoms with van der Waals surface area (Å²) in [5.41, 5.74) is 3.97. The minimum atomic E-state index is -0.366. The van der Waals surface area contributed by atoms with Crippen LogP contribution >= 0.6 is 15.9 Å². The zero-order chi connectivity index (χ0) is 23.4. The lowest BCUT2D eigenvalue weighted by Crippen LogP contribution is -2.11. The van der Waals surface area contributed by atoms with Gasteiger partial charge in [-0.3, -0.25) is 4.79 Å². The van der Waals surface area contributed by atoms with E-state index in [4.69, 9.17) is 9.47 Å². The summed E-state index contributed by atoms with van der Waals surface area (Å²) in [5.74, 6) is 0.0383. The van der Waals surface area contributed by atoms with Crippen LogP contribution in [0.3, 0.4) is 0 Å². The monoisotopic (exact) mass is 505 g/mol. The standard InChI is InChI=1S/C27H24BrNO4/c1-3-32-27(31)26-18(2)29(16-19-7-5-4-6-8-19)24-14-13-22(15-23(24)26)33-17-25(30)20-9-11-21(28)12-10-20/h4-15H,3,16-17H2,1-2H3.